The highest BCUT2D eigenvalue weighted by molar-refractivity contribution is 5.79. The number of nitrogens with zero attached hydrogens (tertiary/aromatic N) is 1. The topological polar surface area (TPSA) is 126 Å². The van der Waals surface area contributed by atoms with Gasteiger partial charge in [-0.3, -0.25) is 5.21 Å². The van der Waals surface area contributed by atoms with Gasteiger partial charge in [0.1, 0.15) is 0 Å². The summed E-state index contributed by atoms with van der Waals surface area (Å²) in [4.78, 5) is 9.86. The van der Waals surface area contributed by atoms with Gasteiger partial charge in [-0.2, -0.15) is 0 Å². The van der Waals surface area contributed by atoms with E-state index in [2.05, 4.69) is 10.8 Å². The van der Waals surface area contributed by atoms with Crippen molar-refractivity contribution in [1.29, 1.82) is 0 Å². The predicted molar refractivity (Wildman–Crippen MR) is 29.3 cm³/mol. The second-order valence-electron chi connectivity index (χ2n) is 1.08. The van der Waals surface area contributed by atoms with Gasteiger partial charge in [-0.05, 0) is 0 Å². The fourth-order valence-corrected chi connectivity index (χ4v) is 0.140. The number of rotatable bonds is 1. The highest BCUT2D eigenvalue weighted by atomic mass is 16.5. The molecule has 2 amide bonds. The SMILES string of the molecule is NC(=O)NN=C(N)NO. The molecule has 0 radical (unpaired) electrons. The molecule has 0 aromatic rings. The van der Waals surface area contributed by atoms with Crippen LogP contribution < -0.4 is 22.4 Å². The van der Waals surface area contributed by atoms with Gasteiger partial charge >= 0.3 is 6.03 Å². The van der Waals surface area contributed by atoms with Crippen molar-refractivity contribution in [2.24, 2.45) is 16.6 Å². The van der Waals surface area contributed by atoms with Gasteiger partial charge in [-0.1, -0.05) is 0 Å². The summed E-state index contributed by atoms with van der Waals surface area (Å²) in [5.41, 5.74) is 12.7. The number of amides is 2. The number of carbonyl (C=O) groups excluding carboxylic acids is 1. The maximum atomic E-state index is 9.86. The Kier molecular flexibility index (Phi) is 2.91. The number of hydroxylamine groups is 1. The number of primary amides is 1. The number of guanidine groups is 1. The van der Waals surface area contributed by atoms with E-state index < -0.39 is 6.03 Å². The first-order chi connectivity index (χ1) is 4.16. The zero-order valence-electron chi connectivity index (χ0n) is 4.46. The maximum Gasteiger partial charge on any atom is 0.332 e. The predicted octanol–water partition coefficient (Wildman–Crippen LogP) is -2.14. The van der Waals surface area contributed by atoms with Crippen molar-refractivity contribution in [1.82, 2.24) is 10.9 Å². The molecule has 0 spiro atoms. The number of nitrogens with one attached hydrogen (secondary N) is 2. The molecule has 7 N–H and O–H groups in total. The minimum Gasteiger partial charge on any atom is -0.367 e. The lowest BCUT2D eigenvalue weighted by Crippen LogP contribution is -2.34. The third kappa shape index (κ3) is 4.35. The standard InChI is InChI=1S/C2H7N5O2/c3-1(7-9)5-6-2(4)8/h9H,(H3,3,5,7)(H3,4,6,8). The quantitative estimate of drug-likeness (QED) is 0.159. The highest BCUT2D eigenvalue weighted by Gasteiger charge is 1.87. The summed E-state index contributed by atoms with van der Waals surface area (Å²) in [7, 11) is 0. The van der Waals surface area contributed by atoms with Crippen LogP contribution in [-0.4, -0.2) is 17.2 Å². The van der Waals surface area contributed by atoms with Gasteiger partial charge in [0, 0.05) is 0 Å². The Morgan fingerprint density at radius 2 is 2.11 bits per heavy atom. The zero-order chi connectivity index (χ0) is 7.28. The van der Waals surface area contributed by atoms with Gasteiger partial charge in [0.15, 0.2) is 0 Å². The first-order valence-corrected chi connectivity index (χ1v) is 1.95. The first kappa shape index (κ1) is 7.50. The molecule has 0 heterocycles. The Labute approximate surface area is 50.7 Å². The molecule has 0 fully saturated rings. The number of hydrogen-bond acceptors (Lipinski definition) is 3. The van der Waals surface area contributed by atoms with Gasteiger partial charge in [-0.15, -0.1) is 5.10 Å². The number of hydrogen-bond donors (Lipinski definition) is 5. The fraction of sp³-hybridized carbons (Fsp3) is 0. The summed E-state index contributed by atoms with van der Waals surface area (Å²) >= 11 is 0. The lowest BCUT2D eigenvalue weighted by molar-refractivity contribution is 0.231. The molecule has 9 heavy (non-hydrogen) atoms. The van der Waals surface area contributed by atoms with E-state index in [0.717, 1.165) is 0 Å². The lowest BCUT2D eigenvalue weighted by atomic mass is 11.1. The maximum absolute atomic E-state index is 9.86. The summed E-state index contributed by atoms with van der Waals surface area (Å²) in [5.74, 6) is -0.339. The van der Waals surface area contributed by atoms with Crippen LogP contribution in [0.3, 0.4) is 0 Å². The van der Waals surface area contributed by atoms with Crippen molar-refractivity contribution < 1.29 is 10.0 Å². The van der Waals surface area contributed by atoms with E-state index in [-0.39, 0.29) is 5.96 Å². The van der Waals surface area contributed by atoms with E-state index >= 15 is 0 Å². The van der Waals surface area contributed by atoms with Gasteiger partial charge < -0.3 is 11.5 Å². The minimum atomic E-state index is -0.854. The molecule has 0 saturated carbocycles. The number of carbonyl (C=O) groups is 1. The van der Waals surface area contributed by atoms with E-state index in [9.17, 15) is 4.79 Å². The van der Waals surface area contributed by atoms with E-state index in [1.165, 1.54) is 5.48 Å². The fourth-order valence-electron chi connectivity index (χ4n) is 0.140. The van der Waals surface area contributed by atoms with E-state index in [0.29, 0.717) is 0 Å². The molecule has 0 saturated heterocycles. The van der Waals surface area contributed by atoms with Crippen LogP contribution in [0, 0.1) is 0 Å². The number of hydrazone groups is 1. The third-order valence-corrected chi connectivity index (χ3v) is 0.401. The van der Waals surface area contributed by atoms with Crippen LogP contribution >= 0.6 is 0 Å². The van der Waals surface area contributed by atoms with Gasteiger partial charge in [0.05, 0.1) is 0 Å². The largest absolute Gasteiger partial charge is 0.367 e. The summed E-state index contributed by atoms with van der Waals surface area (Å²) in [6, 6.07) is -0.854. The number of nitrogens with two attached hydrogens (primary N) is 2. The summed E-state index contributed by atoms with van der Waals surface area (Å²) < 4.78 is 0. The Hall–Kier alpha value is -1.50. The van der Waals surface area contributed by atoms with Crippen molar-refractivity contribution in [3.63, 3.8) is 0 Å². The molecular weight excluding hydrogens is 126 g/mol. The average Bonchev–Trinajstić information content (AvgIpc) is 1.83. The molecular formula is C2H7N5O2. The Bertz CT molecular complexity index is 131. The third-order valence-electron chi connectivity index (χ3n) is 0.401. The molecule has 0 unspecified atom stereocenters. The molecule has 0 aromatic heterocycles. The second-order valence-corrected chi connectivity index (χ2v) is 1.08. The van der Waals surface area contributed by atoms with Crippen molar-refractivity contribution in [3.05, 3.63) is 0 Å². The zero-order valence-corrected chi connectivity index (χ0v) is 4.46. The highest BCUT2D eigenvalue weighted by Crippen LogP contribution is 1.56. The molecule has 7 heteroatoms. The van der Waals surface area contributed by atoms with Crippen LogP contribution in [-0.2, 0) is 0 Å². The Balaban J connectivity index is 3.56. The van der Waals surface area contributed by atoms with Crippen LogP contribution in [0.5, 0.6) is 0 Å². The molecule has 52 valence electrons. The van der Waals surface area contributed by atoms with Crippen LogP contribution in [0.1, 0.15) is 0 Å². The summed E-state index contributed by atoms with van der Waals surface area (Å²) in [5, 5.41) is 11.0. The summed E-state index contributed by atoms with van der Waals surface area (Å²) in [6.07, 6.45) is 0. The smallest absolute Gasteiger partial charge is 0.332 e. The van der Waals surface area contributed by atoms with Crippen molar-refractivity contribution in [2.45, 2.75) is 0 Å². The van der Waals surface area contributed by atoms with Gasteiger partial charge in [0.2, 0.25) is 5.96 Å². The van der Waals surface area contributed by atoms with Crippen LogP contribution in [0.2, 0.25) is 0 Å². The van der Waals surface area contributed by atoms with Crippen molar-refractivity contribution in [2.75, 3.05) is 0 Å². The summed E-state index contributed by atoms with van der Waals surface area (Å²) in [6.45, 7) is 0. The van der Waals surface area contributed by atoms with Gasteiger partial charge in [0.25, 0.3) is 0 Å². The van der Waals surface area contributed by atoms with E-state index in [4.69, 9.17) is 10.9 Å². The molecule has 7 nitrogen and oxygen atoms in total. The van der Waals surface area contributed by atoms with Crippen LogP contribution in [0.4, 0.5) is 4.79 Å². The Morgan fingerprint density at radius 1 is 1.56 bits per heavy atom. The first-order valence-electron chi connectivity index (χ1n) is 1.95. The van der Waals surface area contributed by atoms with E-state index in [1.54, 1.807) is 5.43 Å². The van der Waals surface area contributed by atoms with Gasteiger partial charge in [-0.25, -0.2) is 15.7 Å². The average molecular weight is 133 g/mol. The number of urea groups is 1. The minimum absolute atomic E-state index is 0.339. The van der Waals surface area contributed by atoms with E-state index in [1.807, 2.05) is 0 Å². The van der Waals surface area contributed by atoms with Crippen LogP contribution in [0.25, 0.3) is 0 Å². The molecule has 0 aliphatic carbocycles. The van der Waals surface area contributed by atoms with Crippen molar-refractivity contribution >= 4 is 12.0 Å². The Morgan fingerprint density at radius 3 is 2.44 bits per heavy atom. The molecule has 0 aliphatic heterocycles. The van der Waals surface area contributed by atoms with Crippen molar-refractivity contribution in [3.8, 4) is 0 Å². The molecule has 0 rings (SSSR count). The second kappa shape index (κ2) is 3.50. The molecule has 0 aromatic carbocycles. The normalized spacial score (nSPS) is 10.6. The molecule has 0 bridgehead atoms. The van der Waals surface area contributed by atoms with Crippen LogP contribution in [0.15, 0.2) is 5.10 Å². The monoisotopic (exact) mass is 133 g/mol. The molecule has 0 atom stereocenters. The molecule has 0 aliphatic rings. The lowest BCUT2D eigenvalue weighted by Gasteiger charge is -1.94.